The average molecular weight is 269 g/mol. The second-order valence-electron chi connectivity index (χ2n) is 4.02. The van der Waals surface area contributed by atoms with Crippen molar-refractivity contribution in [2.45, 2.75) is 23.0 Å². The van der Waals surface area contributed by atoms with Crippen LogP contribution in [0.1, 0.15) is 12.8 Å². The van der Waals surface area contributed by atoms with E-state index in [1.165, 1.54) is 13.2 Å². The molecule has 1 aliphatic rings. The van der Waals surface area contributed by atoms with Crippen LogP contribution in [0.15, 0.2) is 23.1 Å². The summed E-state index contributed by atoms with van der Waals surface area (Å²) in [7, 11) is 1.45. The Balaban J connectivity index is 2.11. The van der Waals surface area contributed by atoms with Crippen LogP contribution in [0.4, 0.5) is 5.69 Å². The lowest BCUT2D eigenvalue weighted by Gasteiger charge is -2.21. The Bertz CT molecular complexity index is 432. The SMILES string of the molecule is COc1cc(SC2CCOCC2)ccc1[N+](=O)[O-]. The largest absolute Gasteiger partial charge is 0.490 e. The molecule has 1 heterocycles. The summed E-state index contributed by atoms with van der Waals surface area (Å²) in [6.45, 7) is 1.59. The van der Waals surface area contributed by atoms with E-state index < -0.39 is 4.92 Å². The second-order valence-corrected chi connectivity index (χ2v) is 5.39. The van der Waals surface area contributed by atoms with Crippen molar-refractivity contribution >= 4 is 17.4 Å². The number of rotatable bonds is 4. The van der Waals surface area contributed by atoms with E-state index in [1.54, 1.807) is 23.9 Å². The molecule has 0 N–H and O–H groups in total. The van der Waals surface area contributed by atoms with Gasteiger partial charge in [0.1, 0.15) is 0 Å². The molecule has 0 aliphatic carbocycles. The average Bonchev–Trinajstić information content (AvgIpc) is 2.39. The first kappa shape index (κ1) is 13.2. The lowest BCUT2D eigenvalue weighted by atomic mass is 10.2. The first-order valence-corrected chi connectivity index (χ1v) is 6.65. The van der Waals surface area contributed by atoms with Gasteiger partial charge in [-0.3, -0.25) is 10.1 Å². The molecule has 1 aromatic rings. The Morgan fingerprint density at radius 2 is 2.17 bits per heavy atom. The predicted octanol–water partition coefficient (Wildman–Crippen LogP) is 2.87. The number of benzene rings is 1. The summed E-state index contributed by atoms with van der Waals surface area (Å²) in [6.07, 6.45) is 2.04. The number of hydrogen-bond acceptors (Lipinski definition) is 5. The molecule has 0 bridgehead atoms. The minimum Gasteiger partial charge on any atom is -0.490 e. The summed E-state index contributed by atoms with van der Waals surface area (Å²) >= 11 is 1.73. The van der Waals surface area contributed by atoms with Crippen LogP contribution in [-0.2, 0) is 4.74 Å². The maximum Gasteiger partial charge on any atom is 0.310 e. The molecule has 6 heteroatoms. The van der Waals surface area contributed by atoms with E-state index in [0.29, 0.717) is 11.0 Å². The summed E-state index contributed by atoms with van der Waals surface area (Å²) in [5.41, 5.74) is 0.00817. The van der Waals surface area contributed by atoms with Gasteiger partial charge >= 0.3 is 5.69 Å². The quantitative estimate of drug-likeness (QED) is 0.621. The number of nitro groups is 1. The minimum atomic E-state index is -0.429. The van der Waals surface area contributed by atoms with E-state index >= 15 is 0 Å². The zero-order chi connectivity index (χ0) is 13.0. The van der Waals surface area contributed by atoms with E-state index in [-0.39, 0.29) is 5.69 Å². The first-order chi connectivity index (χ1) is 8.70. The summed E-state index contributed by atoms with van der Waals surface area (Å²) < 4.78 is 10.4. The molecular formula is C12H15NO4S. The molecular weight excluding hydrogens is 254 g/mol. The van der Waals surface area contributed by atoms with Crippen molar-refractivity contribution < 1.29 is 14.4 Å². The van der Waals surface area contributed by atoms with E-state index in [9.17, 15) is 10.1 Å². The fourth-order valence-corrected chi connectivity index (χ4v) is 3.00. The van der Waals surface area contributed by atoms with Crippen LogP contribution in [0.25, 0.3) is 0 Å². The van der Waals surface area contributed by atoms with Gasteiger partial charge in [-0.15, -0.1) is 11.8 Å². The zero-order valence-electron chi connectivity index (χ0n) is 10.1. The van der Waals surface area contributed by atoms with Crippen LogP contribution in [-0.4, -0.2) is 30.5 Å². The van der Waals surface area contributed by atoms with Crippen molar-refractivity contribution in [3.8, 4) is 5.75 Å². The highest BCUT2D eigenvalue weighted by Gasteiger charge is 2.18. The van der Waals surface area contributed by atoms with Crippen LogP contribution >= 0.6 is 11.8 Å². The standard InChI is InChI=1S/C12H15NO4S/c1-16-12-8-10(2-3-11(12)13(14)15)18-9-4-6-17-7-5-9/h2-3,8-9H,4-7H2,1H3. The molecule has 1 saturated heterocycles. The second kappa shape index (κ2) is 6.06. The maximum atomic E-state index is 10.8. The Kier molecular flexibility index (Phi) is 4.43. The van der Waals surface area contributed by atoms with Gasteiger partial charge in [-0.25, -0.2) is 0 Å². The molecule has 18 heavy (non-hydrogen) atoms. The lowest BCUT2D eigenvalue weighted by molar-refractivity contribution is -0.385. The van der Waals surface area contributed by atoms with Crippen LogP contribution in [0.2, 0.25) is 0 Å². The molecule has 0 spiro atoms. The number of hydrogen-bond donors (Lipinski definition) is 0. The van der Waals surface area contributed by atoms with Gasteiger partial charge in [-0.2, -0.15) is 0 Å². The molecule has 0 saturated carbocycles. The highest BCUT2D eigenvalue weighted by atomic mass is 32.2. The molecule has 1 aromatic carbocycles. The Morgan fingerprint density at radius 3 is 2.78 bits per heavy atom. The van der Waals surface area contributed by atoms with E-state index in [0.717, 1.165) is 31.0 Å². The molecule has 98 valence electrons. The number of methoxy groups -OCH3 is 1. The topological polar surface area (TPSA) is 61.6 Å². The van der Waals surface area contributed by atoms with Crippen molar-refractivity contribution in [1.29, 1.82) is 0 Å². The van der Waals surface area contributed by atoms with Crippen molar-refractivity contribution in [3.63, 3.8) is 0 Å². The summed E-state index contributed by atoms with van der Waals surface area (Å²) in [5, 5.41) is 11.3. The fourth-order valence-electron chi connectivity index (χ4n) is 1.87. The molecule has 0 radical (unpaired) electrons. The van der Waals surface area contributed by atoms with Crippen LogP contribution < -0.4 is 4.74 Å². The summed E-state index contributed by atoms with van der Waals surface area (Å²) in [5.74, 6) is 0.317. The summed E-state index contributed by atoms with van der Waals surface area (Å²) in [4.78, 5) is 11.4. The fraction of sp³-hybridized carbons (Fsp3) is 0.500. The smallest absolute Gasteiger partial charge is 0.310 e. The Hall–Kier alpha value is -1.27. The van der Waals surface area contributed by atoms with Gasteiger partial charge in [0.05, 0.1) is 12.0 Å². The molecule has 1 fully saturated rings. The monoisotopic (exact) mass is 269 g/mol. The third-order valence-electron chi connectivity index (χ3n) is 2.82. The summed E-state index contributed by atoms with van der Waals surface area (Å²) in [6, 6.07) is 5.01. The van der Waals surface area contributed by atoms with Crippen molar-refractivity contribution in [2.75, 3.05) is 20.3 Å². The number of thioether (sulfide) groups is 1. The molecule has 0 aromatic heterocycles. The van der Waals surface area contributed by atoms with Crippen LogP contribution in [0.5, 0.6) is 5.75 Å². The van der Waals surface area contributed by atoms with Gasteiger partial charge < -0.3 is 9.47 Å². The number of nitrogens with zero attached hydrogens (tertiary/aromatic N) is 1. The van der Waals surface area contributed by atoms with Crippen LogP contribution in [0.3, 0.4) is 0 Å². The third kappa shape index (κ3) is 3.14. The Morgan fingerprint density at radius 1 is 1.44 bits per heavy atom. The van der Waals surface area contributed by atoms with E-state index in [2.05, 4.69) is 0 Å². The van der Waals surface area contributed by atoms with Gasteiger partial charge in [0.15, 0.2) is 5.75 Å². The molecule has 0 amide bonds. The Labute approximate surface area is 110 Å². The molecule has 5 nitrogen and oxygen atoms in total. The maximum absolute atomic E-state index is 10.8. The number of ether oxygens (including phenoxy) is 2. The van der Waals surface area contributed by atoms with Crippen molar-refractivity contribution in [1.82, 2.24) is 0 Å². The van der Waals surface area contributed by atoms with E-state index in [4.69, 9.17) is 9.47 Å². The minimum absolute atomic E-state index is 0.00817. The van der Waals surface area contributed by atoms with Gasteiger partial charge in [-0.1, -0.05) is 0 Å². The zero-order valence-corrected chi connectivity index (χ0v) is 10.9. The van der Waals surface area contributed by atoms with Crippen molar-refractivity contribution in [2.24, 2.45) is 0 Å². The van der Waals surface area contributed by atoms with Crippen LogP contribution in [0, 0.1) is 10.1 Å². The van der Waals surface area contributed by atoms with Gasteiger partial charge in [-0.05, 0) is 18.9 Å². The molecule has 0 atom stereocenters. The van der Waals surface area contributed by atoms with Gasteiger partial charge in [0.25, 0.3) is 0 Å². The third-order valence-corrected chi connectivity index (χ3v) is 4.15. The van der Waals surface area contributed by atoms with Crippen molar-refractivity contribution in [3.05, 3.63) is 28.3 Å². The first-order valence-electron chi connectivity index (χ1n) is 5.77. The highest BCUT2D eigenvalue weighted by Crippen LogP contribution is 2.35. The van der Waals surface area contributed by atoms with E-state index in [1.807, 2.05) is 0 Å². The predicted molar refractivity (Wildman–Crippen MR) is 69.3 cm³/mol. The highest BCUT2D eigenvalue weighted by molar-refractivity contribution is 8.00. The molecule has 0 unspecified atom stereocenters. The molecule has 1 aliphatic heterocycles. The van der Waals surface area contributed by atoms with Gasteiger partial charge in [0, 0.05) is 35.5 Å². The van der Waals surface area contributed by atoms with Gasteiger partial charge in [0.2, 0.25) is 0 Å². The lowest BCUT2D eigenvalue weighted by Crippen LogP contribution is -2.17. The normalized spacial score (nSPS) is 16.5. The number of nitro benzene ring substituents is 1. The molecule has 2 rings (SSSR count).